The maximum Gasteiger partial charge on any atom is 0.247 e. The van der Waals surface area contributed by atoms with Crippen molar-refractivity contribution in [2.24, 2.45) is 16.1 Å². The fourth-order valence-corrected chi connectivity index (χ4v) is 4.91. The van der Waals surface area contributed by atoms with Gasteiger partial charge < -0.3 is 15.6 Å². The molecule has 0 aromatic heterocycles. The van der Waals surface area contributed by atoms with E-state index in [1.807, 2.05) is 4.57 Å². The lowest BCUT2D eigenvalue weighted by Crippen LogP contribution is -2.41. The van der Waals surface area contributed by atoms with Crippen LogP contribution in [-0.2, 0) is 16.1 Å². The quantitative estimate of drug-likeness (QED) is 0.396. The summed E-state index contributed by atoms with van der Waals surface area (Å²) < 4.78 is 31.1. The van der Waals surface area contributed by atoms with Crippen LogP contribution in [0.25, 0.3) is 22.5 Å². The number of hydrogen-bond donors (Lipinski definition) is 2. The Bertz CT molecular complexity index is 1640. The van der Waals surface area contributed by atoms with E-state index in [1.165, 1.54) is 41.3 Å². The van der Waals surface area contributed by atoms with Crippen LogP contribution in [0.15, 0.2) is 59.7 Å². The van der Waals surface area contributed by atoms with Gasteiger partial charge in [-0.3, -0.25) is 19.5 Å². The maximum atomic E-state index is 15.4. The van der Waals surface area contributed by atoms with Gasteiger partial charge in [0, 0.05) is 54.4 Å². The number of carbonyl (C=O) groups is 2. The van der Waals surface area contributed by atoms with Crippen LogP contribution in [0.3, 0.4) is 0 Å². The number of fused-ring (bicyclic) bond motifs is 3. The molecule has 2 amide bonds. The first-order chi connectivity index (χ1) is 18.3. The zero-order valence-corrected chi connectivity index (χ0v) is 20.4. The number of anilines is 3. The molecule has 6 rings (SSSR count). The topological polar surface area (TPSA) is 119 Å². The number of nitrogens with two attached hydrogens (primary N) is 1. The number of benzene rings is 2. The van der Waals surface area contributed by atoms with Gasteiger partial charge in [-0.2, -0.15) is 4.98 Å². The van der Waals surface area contributed by atoms with E-state index in [1.54, 1.807) is 25.4 Å². The van der Waals surface area contributed by atoms with Gasteiger partial charge in [0.25, 0.3) is 0 Å². The van der Waals surface area contributed by atoms with Crippen LogP contribution in [-0.4, -0.2) is 39.9 Å². The summed E-state index contributed by atoms with van der Waals surface area (Å²) in [7, 11) is 1.61. The smallest absolute Gasteiger partial charge is 0.247 e. The van der Waals surface area contributed by atoms with E-state index in [-0.39, 0.29) is 5.56 Å². The molecule has 9 nitrogen and oxygen atoms in total. The lowest BCUT2D eigenvalue weighted by atomic mass is 10.00. The number of pyridine rings is 1. The Balaban J connectivity index is 1.54. The number of halogens is 2. The number of primary amides is 1. The van der Waals surface area contributed by atoms with Crippen LogP contribution in [0.1, 0.15) is 12.8 Å². The van der Waals surface area contributed by atoms with E-state index in [4.69, 9.17) is 5.73 Å². The molecule has 0 bridgehead atoms. The van der Waals surface area contributed by atoms with Crippen molar-refractivity contribution in [3.63, 3.8) is 0 Å². The van der Waals surface area contributed by atoms with Crippen LogP contribution in [0.4, 0.5) is 26.0 Å². The molecule has 0 atom stereocenters. The molecular formula is C27H23F2N7O2. The highest BCUT2D eigenvalue weighted by atomic mass is 19.1. The summed E-state index contributed by atoms with van der Waals surface area (Å²) in [5.41, 5.74) is 6.74. The van der Waals surface area contributed by atoms with E-state index >= 15 is 4.39 Å². The second kappa shape index (κ2) is 8.72. The van der Waals surface area contributed by atoms with Crippen molar-refractivity contribution in [2.75, 3.05) is 23.8 Å². The van der Waals surface area contributed by atoms with Crippen LogP contribution in [0, 0.1) is 17.0 Å². The van der Waals surface area contributed by atoms with Gasteiger partial charge in [0.1, 0.15) is 28.7 Å². The molecule has 1 aliphatic carbocycles. The minimum absolute atomic E-state index is 0.232. The summed E-state index contributed by atoms with van der Waals surface area (Å²) in [5.74, 6) is -0.898. The van der Waals surface area contributed by atoms with E-state index in [9.17, 15) is 14.0 Å². The SMILES string of the molecule is CN=c1ncc2cc(-c3cc(N(C(=O)C4(C(N)=O)CC4)c4ccc(F)cc4)ccc3F)c3n(c-2n1)CCN3. The molecule has 1 fully saturated rings. The molecule has 0 unspecified atom stereocenters. The van der Waals surface area contributed by atoms with Crippen molar-refractivity contribution >= 4 is 29.0 Å². The first-order valence-corrected chi connectivity index (χ1v) is 12.1. The van der Waals surface area contributed by atoms with E-state index in [2.05, 4.69) is 20.3 Å². The summed E-state index contributed by atoms with van der Waals surface area (Å²) in [6, 6.07) is 11.4. The standard InChI is InChI=1S/C27H23F2N7O2/c1-31-26-33-14-15-12-20(23-32-10-11-35(23)22(15)34-26)19-13-18(6-7-21(19)29)36(17-4-2-16(28)3-5-17)25(38)27(8-9-27)24(30)37/h2-7,12-14,32H,8-11H2,1H3,(H2,30,37). The third-order valence-electron chi connectivity index (χ3n) is 7.11. The summed E-state index contributed by atoms with van der Waals surface area (Å²) >= 11 is 0. The summed E-state index contributed by atoms with van der Waals surface area (Å²) in [6.07, 6.45) is 2.27. The van der Waals surface area contributed by atoms with Crippen LogP contribution in [0.2, 0.25) is 0 Å². The average molecular weight is 516 g/mol. The van der Waals surface area contributed by atoms with Crippen LogP contribution in [0.5, 0.6) is 0 Å². The number of nitrogens with one attached hydrogen (secondary N) is 1. The number of rotatable bonds is 5. The number of nitrogens with zero attached hydrogens (tertiary/aromatic N) is 5. The third kappa shape index (κ3) is 3.69. The Labute approximate surface area is 216 Å². The third-order valence-corrected chi connectivity index (χ3v) is 7.11. The molecule has 38 heavy (non-hydrogen) atoms. The molecule has 2 aromatic carbocycles. The van der Waals surface area contributed by atoms with Crippen molar-refractivity contribution in [1.82, 2.24) is 14.5 Å². The molecule has 11 heteroatoms. The Kier molecular flexibility index (Phi) is 5.44. The number of hydrogen-bond acceptors (Lipinski definition) is 6. The van der Waals surface area contributed by atoms with Crippen molar-refractivity contribution in [3.8, 4) is 22.5 Å². The average Bonchev–Trinajstić information content (AvgIpc) is 3.60. The van der Waals surface area contributed by atoms with Gasteiger partial charge >= 0.3 is 0 Å². The van der Waals surface area contributed by atoms with E-state index < -0.39 is 28.9 Å². The molecule has 192 valence electrons. The Hall–Kier alpha value is -4.67. The zero-order valence-electron chi connectivity index (χ0n) is 20.4. The fraction of sp³-hybridized carbons (Fsp3) is 0.222. The molecule has 3 N–H and O–H groups in total. The van der Waals surface area contributed by atoms with Gasteiger partial charge in [0.15, 0.2) is 0 Å². The van der Waals surface area contributed by atoms with Crippen LogP contribution < -0.4 is 21.6 Å². The highest BCUT2D eigenvalue weighted by Gasteiger charge is 2.57. The Morgan fingerprint density at radius 3 is 2.50 bits per heavy atom. The second-order valence-corrected chi connectivity index (χ2v) is 9.39. The van der Waals surface area contributed by atoms with Crippen molar-refractivity contribution in [1.29, 1.82) is 0 Å². The Morgan fingerprint density at radius 1 is 1.08 bits per heavy atom. The molecule has 3 aliphatic heterocycles. The normalized spacial score (nSPS) is 15.7. The predicted molar refractivity (Wildman–Crippen MR) is 136 cm³/mol. The zero-order chi connectivity index (χ0) is 26.6. The second-order valence-electron chi connectivity index (χ2n) is 9.39. The maximum absolute atomic E-state index is 15.4. The molecule has 1 saturated carbocycles. The van der Waals surface area contributed by atoms with Gasteiger partial charge in [0.05, 0.1) is 0 Å². The minimum atomic E-state index is -1.34. The minimum Gasteiger partial charge on any atom is -0.369 e. The van der Waals surface area contributed by atoms with Crippen molar-refractivity contribution in [2.45, 2.75) is 19.4 Å². The fourth-order valence-electron chi connectivity index (χ4n) is 4.91. The Morgan fingerprint density at radius 2 is 1.82 bits per heavy atom. The molecule has 2 aromatic rings. The molecule has 0 spiro atoms. The summed E-state index contributed by atoms with van der Waals surface area (Å²) in [4.78, 5) is 40.0. The van der Waals surface area contributed by atoms with Gasteiger partial charge in [0.2, 0.25) is 17.4 Å². The molecule has 0 saturated heterocycles. The van der Waals surface area contributed by atoms with Crippen LogP contribution >= 0.6 is 0 Å². The largest absolute Gasteiger partial charge is 0.369 e. The van der Waals surface area contributed by atoms with Gasteiger partial charge in [-0.05, 0) is 61.4 Å². The summed E-state index contributed by atoms with van der Waals surface area (Å²) in [5, 5.41) is 3.30. The first-order valence-electron chi connectivity index (χ1n) is 12.1. The molecule has 3 heterocycles. The molecule has 4 aliphatic rings. The molecule has 0 radical (unpaired) electrons. The predicted octanol–water partition coefficient (Wildman–Crippen LogP) is 3.21. The lowest BCUT2D eigenvalue weighted by Gasteiger charge is -2.27. The van der Waals surface area contributed by atoms with Gasteiger partial charge in [-0.25, -0.2) is 13.8 Å². The monoisotopic (exact) mass is 515 g/mol. The number of carbonyl (C=O) groups excluding carboxylic acids is 2. The molecular weight excluding hydrogens is 492 g/mol. The number of aromatic nitrogens is 3. The van der Waals surface area contributed by atoms with Gasteiger partial charge in [-0.1, -0.05) is 0 Å². The van der Waals surface area contributed by atoms with E-state index in [0.29, 0.717) is 65.7 Å². The first kappa shape index (κ1) is 23.7. The van der Waals surface area contributed by atoms with E-state index in [0.717, 1.165) is 0 Å². The van der Waals surface area contributed by atoms with Gasteiger partial charge in [-0.15, -0.1) is 0 Å². The number of amides is 2. The lowest BCUT2D eigenvalue weighted by molar-refractivity contribution is -0.133. The highest BCUT2D eigenvalue weighted by molar-refractivity contribution is 6.16. The van der Waals surface area contributed by atoms with Crippen molar-refractivity contribution in [3.05, 3.63) is 72.0 Å². The van der Waals surface area contributed by atoms with Crippen molar-refractivity contribution < 1.29 is 18.4 Å². The highest BCUT2D eigenvalue weighted by Crippen LogP contribution is 2.49. The summed E-state index contributed by atoms with van der Waals surface area (Å²) in [6.45, 7) is 1.24.